The van der Waals surface area contributed by atoms with Crippen LogP contribution in [0.15, 0.2) is 38.8 Å². The molecule has 3 aromatic rings. The van der Waals surface area contributed by atoms with E-state index >= 15 is 0 Å². The minimum Gasteiger partial charge on any atom is -0.444 e. The Balaban J connectivity index is 1.29. The summed E-state index contributed by atoms with van der Waals surface area (Å²) in [5.41, 5.74) is 1.94. The lowest BCUT2D eigenvalue weighted by molar-refractivity contribution is 0.113. The average molecular weight is 344 g/mol. The van der Waals surface area contributed by atoms with E-state index in [9.17, 15) is 0 Å². The molecule has 0 spiro atoms. The predicted octanol–water partition coefficient (Wildman–Crippen LogP) is 3.02. The minimum absolute atomic E-state index is 0.722. The van der Waals surface area contributed by atoms with Crippen molar-refractivity contribution in [2.45, 2.75) is 20.0 Å². The molecule has 4 heterocycles. The molecule has 1 fully saturated rings. The number of oxazole rings is 1. The molecule has 126 valence electrons. The van der Waals surface area contributed by atoms with Crippen LogP contribution in [0.4, 0.5) is 0 Å². The Bertz CT molecular complexity index is 772. The van der Waals surface area contributed by atoms with Gasteiger partial charge in [-0.15, -0.1) is 11.3 Å². The summed E-state index contributed by atoms with van der Waals surface area (Å²) in [5.74, 6) is 1.66. The van der Waals surface area contributed by atoms with Crippen molar-refractivity contribution in [2.24, 2.45) is 0 Å². The summed E-state index contributed by atoms with van der Waals surface area (Å²) in [6.07, 6.45) is 1.78. The Hall–Kier alpha value is -1.96. The van der Waals surface area contributed by atoms with Crippen LogP contribution in [0.5, 0.6) is 0 Å². The molecule has 3 aromatic heterocycles. The van der Waals surface area contributed by atoms with Gasteiger partial charge in [-0.2, -0.15) is 0 Å². The number of hydrogen-bond donors (Lipinski definition) is 0. The maximum absolute atomic E-state index is 5.60. The van der Waals surface area contributed by atoms with Crippen molar-refractivity contribution in [1.82, 2.24) is 19.9 Å². The number of nitrogens with zero attached hydrogens (tertiary/aromatic N) is 4. The molecule has 7 heteroatoms. The summed E-state index contributed by atoms with van der Waals surface area (Å²) in [5, 5.41) is 5.98. The lowest BCUT2D eigenvalue weighted by Gasteiger charge is -2.33. The molecule has 1 aliphatic heterocycles. The van der Waals surface area contributed by atoms with Gasteiger partial charge in [0.15, 0.2) is 5.76 Å². The molecule has 4 rings (SSSR count). The molecule has 0 bridgehead atoms. The van der Waals surface area contributed by atoms with Crippen LogP contribution in [0.25, 0.3) is 10.8 Å². The first kappa shape index (κ1) is 15.6. The second-order valence-corrected chi connectivity index (χ2v) is 7.06. The zero-order valence-electron chi connectivity index (χ0n) is 13.6. The van der Waals surface area contributed by atoms with E-state index in [1.54, 1.807) is 17.6 Å². The van der Waals surface area contributed by atoms with Gasteiger partial charge in [-0.3, -0.25) is 9.80 Å². The molecule has 0 aliphatic carbocycles. The SMILES string of the molecule is Cc1cc(CN2CCN(Cc3coc(-c4cccs4)n3)CC2)on1. The standard InChI is InChI=1S/C17H20N4O2S/c1-13-9-15(23-19-13)11-21-6-4-20(5-7-21)10-14-12-22-17(18-14)16-3-2-8-24-16/h2-3,8-9,12H,4-7,10-11H2,1H3. The number of rotatable bonds is 5. The second-order valence-electron chi connectivity index (χ2n) is 6.11. The number of thiophene rings is 1. The minimum atomic E-state index is 0.722. The van der Waals surface area contributed by atoms with Gasteiger partial charge in [-0.1, -0.05) is 11.2 Å². The van der Waals surface area contributed by atoms with Crippen LogP contribution in [-0.4, -0.2) is 46.1 Å². The van der Waals surface area contributed by atoms with Gasteiger partial charge in [0, 0.05) is 38.8 Å². The first-order valence-electron chi connectivity index (χ1n) is 8.11. The summed E-state index contributed by atoms with van der Waals surface area (Å²) in [7, 11) is 0. The van der Waals surface area contributed by atoms with Crippen LogP contribution < -0.4 is 0 Å². The number of hydrogen-bond acceptors (Lipinski definition) is 7. The first-order chi connectivity index (χ1) is 11.8. The van der Waals surface area contributed by atoms with Crippen LogP contribution in [0.1, 0.15) is 17.1 Å². The zero-order valence-corrected chi connectivity index (χ0v) is 14.5. The predicted molar refractivity (Wildman–Crippen MR) is 91.6 cm³/mol. The summed E-state index contributed by atoms with van der Waals surface area (Å²) in [4.78, 5) is 10.5. The van der Waals surface area contributed by atoms with E-state index in [0.29, 0.717) is 0 Å². The highest BCUT2D eigenvalue weighted by Crippen LogP contribution is 2.24. The largest absolute Gasteiger partial charge is 0.444 e. The summed E-state index contributed by atoms with van der Waals surface area (Å²) in [6, 6.07) is 6.05. The Labute approximate surface area is 144 Å². The van der Waals surface area contributed by atoms with E-state index in [-0.39, 0.29) is 0 Å². The van der Waals surface area contributed by atoms with Crippen LogP contribution in [0.2, 0.25) is 0 Å². The normalized spacial score (nSPS) is 16.7. The topological polar surface area (TPSA) is 58.5 Å². The van der Waals surface area contributed by atoms with Gasteiger partial charge >= 0.3 is 0 Å². The van der Waals surface area contributed by atoms with Crippen LogP contribution >= 0.6 is 11.3 Å². The number of aromatic nitrogens is 2. The van der Waals surface area contributed by atoms with Crippen LogP contribution in [-0.2, 0) is 13.1 Å². The highest BCUT2D eigenvalue weighted by atomic mass is 32.1. The average Bonchev–Trinajstić information content (AvgIpc) is 3.31. The molecule has 6 nitrogen and oxygen atoms in total. The Kier molecular flexibility index (Phi) is 4.46. The zero-order chi connectivity index (χ0) is 16.4. The van der Waals surface area contributed by atoms with Crippen molar-refractivity contribution in [3.8, 4) is 10.8 Å². The number of aryl methyl sites for hydroxylation is 1. The molecule has 0 aromatic carbocycles. The molecule has 0 N–H and O–H groups in total. The van der Waals surface area contributed by atoms with E-state index in [2.05, 4.69) is 19.9 Å². The van der Waals surface area contributed by atoms with E-state index < -0.39 is 0 Å². The summed E-state index contributed by atoms with van der Waals surface area (Å²) >= 11 is 1.65. The third-order valence-electron chi connectivity index (χ3n) is 4.19. The van der Waals surface area contributed by atoms with E-state index in [0.717, 1.165) is 67.2 Å². The van der Waals surface area contributed by atoms with Crippen molar-refractivity contribution in [3.05, 3.63) is 47.0 Å². The van der Waals surface area contributed by atoms with Crippen molar-refractivity contribution in [1.29, 1.82) is 0 Å². The smallest absolute Gasteiger partial charge is 0.236 e. The Morgan fingerprint density at radius 1 is 1.17 bits per heavy atom. The Morgan fingerprint density at radius 3 is 2.62 bits per heavy atom. The molecule has 24 heavy (non-hydrogen) atoms. The fourth-order valence-electron chi connectivity index (χ4n) is 2.94. The maximum atomic E-state index is 5.60. The molecular weight excluding hydrogens is 324 g/mol. The monoisotopic (exact) mass is 344 g/mol. The molecule has 0 unspecified atom stereocenters. The second kappa shape index (κ2) is 6.88. The van der Waals surface area contributed by atoms with Gasteiger partial charge in [0.25, 0.3) is 0 Å². The molecule has 1 aliphatic rings. The van der Waals surface area contributed by atoms with E-state index in [1.165, 1.54) is 0 Å². The molecule has 0 atom stereocenters. The van der Waals surface area contributed by atoms with Gasteiger partial charge in [0.2, 0.25) is 5.89 Å². The number of piperazine rings is 1. The third-order valence-corrected chi connectivity index (χ3v) is 5.05. The van der Waals surface area contributed by atoms with Crippen LogP contribution in [0, 0.1) is 6.92 Å². The first-order valence-corrected chi connectivity index (χ1v) is 8.99. The quantitative estimate of drug-likeness (QED) is 0.709. The van der Waals surface area contributed by atoms with Crippen molar-refractivity contribution < 1.29 is 8.94 Å². The summed E-state index contributed by atoms with van der Waals surface area (Å²) in [6.45, 7) is 7.71. The molecule has 0 radical (unpaired) electrons. The van der Waals surface area contributed by atoms with Crippen molar-refractivity contribution in [2.75, 3.05) is 26.2 Å². The Morgan fingerprint density at radius 2 is 1.96 bits per heavy atom. The third kappa shape index (κ3) is 3.58. The fourth-order valence-corrected chi connectivity index (χ4v) is 3.59. The highest BCUT2D eigenvalue weighted by molar-refractivity contribution is 7.13. The van der Waals surface area contributed by atoms with Gasteiger partial charge < -0.3 is 8.94 Å². The highest BCUT2D eigenvalue weighted by Gasteiger charge is 2.19. The van der Waals surface area contributed by atoms with E-state index in [4.69, 9.17) is 8.94 Å². The van der Waals surface area contributed by atoms with Gasteiger partial charge in [0.1, 0.15) is 6.26 Å². The van der Waals surface area contributed by atoms with Gasteiger partial charge in [-0.25, -0.2) is 4.98 Å². The summed E-state index contributed by atoms with van der Waals surface area (Å²) < 4.78 is 10.9. The maximum Gasteiger partial charge on any atom is 0.236 e. The molecule has 0 saturated carbocycles. The van der Waals surface area contributed by atoms with Gasteiger partial charge in [-0.05, 0) is 18.4 Å². The molecular formula is C17H20N4O2S. The van der Waals surface area contributed by atoms with E-state index in [1.807, 2.05) is 30.5 Å². The van der Waals surface area contributed by atoms with Gasteiger partial charge in [0.05, 0.1) is 22.8 Å². The molecule has 1 saturated heterocycles. The van der Waals surface area contributed by atoms with Crippen molar-refractivity contribution in [3.63, 3.8) is 0 Å². The molecule has 0 amide bonds. The fraction of sp³-hybridized carbons (Fsp3) is 0.412. The lowest BCUT2D eigenvalue weighted by atomic mass is 10.2. The lowest BCUT2D eigenvalue weighted by Crippen LogP contribution is -2.45. The van der Waals surface area contributed by atoms with Crippen molar-refractivity contribution >= 4 is 11.3 Å². The van der Waals surface area contributed by atoms with Crippen LogP contribution in [0.3, 0.4) is 0 Å².